The van der Waals surface area contributed by atoms with Crippen LogP contribution in [0.1, 0.15) is 32.3 Å². The summed E-state index contributed by atoms with van der Waals surface area (Å²) in [4.78, 5) is 12.5. The van der Waals surface area contributed by atoms with Crippen molar-refractivity contribution >= 4 is 5.97 Å². The van der Waals surface area contributed by atoms with Crippen molar-refractivity contribution in [2.24, 2.45) is 5.92 Å². The van der Waals surface area contributed by atoms with Crippen LogP contribution in [-0.4, -0.2) is 29.7 Å². The SMILES string of the molecule is CC(C)(C)[NH+]1CC(C(=O)O)[C@H](c2ccc(F)cc2F)C1. The molecule has 1 aliphatic heterocycles. The Balaban J connectivity index is 2.35. The molecule has 3 nitrogen and oxygen atoms in total. The maximum atomic E-state index is 13.9. The molecular formula is C15H20F2NO2+. The molecule has 1 aromatic carbocycles. The fourth-order valence-corrected chi connectivity index (χ4v) is 2.90. The Hall–Kier alpha value is -1.49. The van der Waals surface area contributed by atoms with Crippen LogP contribution in [0.25, 0.3) is 0 Å². The molecule has 0 aromatic heterocycles. The average Bonchev–Trinajstić information content (AvgIpc) is 2.73. The molecule has 2 unspecified atom stereocenters. The number of benzene rings is 1. The zero-order chi connectivity index (χ0) is 15.1. The number of quaternary nitrogens is 1. The van der Waals surface area contributed by atoms with Gasteiger partial charge in [0.25, 0.3) is 0 Å². The first-order valence-corrected chi connectivity index (χ1v) is 6.73. The lowest BCUT2D eigenvalue weighted by Crippen LogP contribution is -3.17. The second kappa shape index (κ2) is 5.13. The largest absolute Gasteiger partial charge is 0.481 e. The summed E-state index contributed by atoms with van der Waals surface area (Å²) in [5.74, 6) is -3.27. The van der Waals surface area contributed by atoms with Crippen LogP contribution in [0, 0.1) is 17.6 Å². The van der Waals surface area contributed by atoms with Gasteiger partial charge in [-0.15, -0.1) is 0 Å². The molecule has 0 spiro atoms. The first kappa shape index (κ1) is 14.9. The van der Waals surface area contributed by atoms with E-state index < -0.39 is 29.4 Å². The van der Waals surface area contributed by atoms with Crippen molar-refractivity contribution in [3.05, 3.63) is 35.4 Å². The van der Waals surface area contributed by atoms with E-state index in [4.69, 9.17) is 0 Å². The monoisotopic (exact) mass is 284 g/mol. The predicted molar refractivity (Wildman–Crippen MR) is 70.7 cm³/mol. The molecule has 1 fully saturated rings. The van der Waals surface area contributed by atoms with Crippen LogP contribution in [0.15, 0.2) is 18.2 Å². The van der Waals surface area contributed by atoms with Crippen molar-refractivity contribution in [3.63, 3.8) is 0 Å². The van der Waals surface area contributed by atoms with Gasteiger partial charge in [0, 0.05) is 6.07 Å². The Bertz CT molecular complexity index is 525. The van der Waals surface area contributed by atoms with Crippen molar-refractivity contribution < 1.29 is 23.6 Å². The van der Waals surface area contributed by atoms with Gasteiger partial charge < -0.3 is 10.0 Å². The van der Waals surface area contributed by atoms with E-state index in [0.29, 0.717) is 18.7 Å². The third-order valence-corrected chi connectivity index (χ3v) is 4.16. The van der Waals surface area contributed by atoms with E-state index in [0.717, 1.165) is 11.0 Å². The molecule has 2 N–H and O–H groups in total. The smallest absolute Gasteiger partial charge is 0.313 e. The zero-order valence-corrected chi connectivity index (χ0v) is 11.9. The standard InChI is InChI=1S/C15H19F2NO2/c1-15(2,3)18-7-11(12(8-18)14(19)20)10-5-4-9(16)6-13(10)17/h4-6,11-12H,7-8H2,1-3H3,(H,19,20)/p+1/t11-,12?/m0/s1. The summed E-state index contributed by atoms with van der Waals surface area (Å²) in [7, 11) is 0. The normalized spacial score (nSPS) is 26.8. The lowest BCUT2D eigenvalue weighted by molar-refractivity contribution is -0.936. The van der Waals surface area contributed by atoms with Crippen molar-refractivity contribution in [1.29, 1.82) is 0 Å². The van der Waals surface area contributed by atoms with Crippen LogP contribution in [-0.2, 0) is 4.79 Å². The molecule has 5 heteroatoms. The third-order valence-electron chi connectivity index (χ3n) is 4.16. The van der Waals surface area contributed by atoms with Gasteiger partial charge in [0.05, 0.1) is 24.5 Å². The number of hydrogen-bond acceptors (Lipinski definition) is 1. The summed E-state index contributed by atoms with van der Waals surface area (Å²) in [6.07, 6.45) is 0. The quantitative estimate of drug-likeness (QED) is 0.863. The van der Waals surface area contributed by atoms with Crippen molar-refractivity contribution in [2.75, 3.05) is 13.1 Å². The first-order valence-electron chi connectivity index (χ1n) is 6.73. The van der Waals surface area contributed by atoms with Crippen LogP contribution in [0.3, 0.4) is 0 Å². The Morgan fingerprint density at radius 3 is 2.45 bits per heavy atom. The van der Waals surface area contributed by atoms with Crippen LogP contribution < -0.4 is 4.90 Å². The van der Waals surface area contributed by atoms with Crippen LogP contribution >= 0.6 is 0 Å². The highest BCUT2D eigenvalue weighted by Crippen LogP contribution is 2.29. The molecule has 0 amide bonds. The molecule has 0 aliphatic carbocycles. The molecule has 1 aliphatic rings. The second-order valence-electron chi connectivity index (χ2n) is 6.48. The van der Waals surface area contributed by atoms with Gasteiger partial charge in [0.2, 0.25) is 0 Å². The Labute approximate surface area is 117 Å². The number of halogens is 2. The highest BCUT2D eigenvalue weighted by Gasteiger charge is 2.46. The molecule has 2 rings (SSSR count). The summed E-state index contributed by atoms with van der Waals surface area (Å²) in [5, 5.41) is 9.36. The minimum atomic E-state index is -0.919. The molecule has 0 bridgehead atoms. The second-order valence-corrected chi connectivity index (χ2v) is 6.48. The van der Waals surface area contributed by atoms with E-state index in [-0.39, 0.29) is 5.54 Å². The van der Waals surface area contributed by atoms with E-state index in [1.54, 1.807) is 0 Å². The van der Waals surface area contributed by atoms with Gasteiger partial charge >= 0.3 is 5.97 Å². The number of carboxylic acid groups (broad SMARTS) is 1. The van der Waals surface area contributed by atoms with Crippen LogP contribution in [0.5, 0.6) is 0 Å². The van der Waals surface area contributed by atoms with E-state index >= 15 is 0 Å². The fraction of sp³-hybridized carbons (Fsp3) is 0.533. The van der Waals surface area contributed by atoms with Crippen LogP contribution in [0.2, 0.25) is 0 Å². The van der Waals surface area contributed by atoms with Gasteiger partial charge in [-0.3, -0.25) is 4.79 Å². The molecule has 0 saturated carbocycles. The molecule has 0 radical (unpaired) electrons. The molecule has 20 heavy (non-hydrogen) atoms. The topological polar surface area (TPSA) is 41.7 Å². The highest BCUT2D eigenvalue weighted by molar-refractivity contribution is 5.72. The predicted octanol–water partition coefficient (Wildman–Crippen LogP) is 1.45. The van der Waals surface area contributed by atoms with Gasteiger partial charge in [-0.25, -0.2) is 8.78 Å². The Morgan fingerprint density at radius 1 is 1.30 bits per heavy atom. The maximum absolute atomic E-state index is 13.9. The lowest BCUT2D eigenvalue weighted by atomic mass is 9.88. The number of carbonyl (C=O) groups is 1. The minimum absolute atomic E-state index is 0.0983. The summed E-state index contributed by atoms with van der Waals surface area (Å²) < 4.78 is 26.9. The Kier molecular flexibility index (Phi) is 3.82. The van der Waals surface area contributed by atoms with Crippen molar-refractivity contribution in [2.45, 2.75) is 32.2 Å². The number of likely N-dealkylation sites (tertiary alicyclic amines) is 1. The van der Waals surface area contributed by atoms with Crippen molar-refractivity contribution in [1.82, 2.24) is 0 Å². The summed E-state index contributed by atoms with van der Waals surface area (Å²) in [6.45, 7) is 7.10. The molecular weight excluding hydrogens is 264 g/mol. The number of nitrogens with one attached hydrogen (secondary N) is 1. The minimum Gasteiger partial charge on any atom is -0.481 e. The van der Waals surface area contributed by atoms with Gasteiger partial charge in [-0.2, -0.15) is 0 Å². The molecule has 1 saturated heterocycles. The average molecular weight is 284 g/mol. The molecule has 3 atom stereocenters. The maximum Gasteiger partial charge on any atom is 0.313 e. The number of aliphatic carboxylic acids is 1. The van der Waals surface area contributed by atoms with E-state index in [2.05, 4.69) is 0 Å². The van der Waals surface area contributed by atoms with Crippen molar-refractivity contribution in [3.8, 4) is 0 Å². The van der Waals surface area contributed by atoms with Gasteiger partial charge in [0.15, 0.2) is 0 Å². The van der Waals surface area contributed by atoms with Gasteiger partial charge in [-0.05, 0) is 32.4 Å². The Morgan fingerprint density at radius 2 is 1.95 bits per heavy atom. The molecule has 1 heterocycles. The fourth-order valence-electron chi connectivity index (χ4n) is 2.90. The summed E-state index contributed by atoms with van der Waals surface area (Å²) in [5.41, 5.74) is 0.205. The summed E-state index contributed by atoms with van der Waals surface area (Å²) in [6, 6.07) is 3.38. The van der Waals surface area contributed by atoms with E-state index in [1.165, 1.54) is 12.1 Å². The lowest BCUT2D eigenvalue weighted by Gasteiger charge is -2.28. The van der Waals surface area contributed by atoms with E-state index in [1.807, 2.05) is 20.8 Å². The number of carboxylic acids is 1. The zero-order valence-electron chi connectivity index (χ0n) is 11.9. The van der Waals surface area contributed by atoms with Gasteiger partial charge in [-0.1, -0.05) is 6.07 Å². The number of hydrogen-bond donors (Lipinski definition) is 2. The third kappa shape index (κ3) is 2.82. The summed E-state index contributed by atoms with van der Waals surface area (Å²) >= 11 is 0. The highest BCUT2D eigenvalue weighted by atomic mass is 19.1. The van der Waals surface area contributed by atoms with E-state index in [9.17, 15) is 18.7 Å². The first-order chi connectivity index (χ1) is 9.20. The van der Waals surface area contributed by atoms with Gasteiger partial charge in [0.1, 0.15) is 17.6 Å². The number of rotatable bonds is 2. The molecule has 1 aromatic rings. The van der Waals surface area contributed by atoms with Crippen LogP contribution in [0.4, 0.5) is 8.78 Å². The molecule has 110 valence electrons.